The number of fused-ring (bicyclic) bond motifs is 3. The second kappa shape index (κ2) is 8.63. The molecule has 0 saturated heterocycles. The fourth-order valence-electron chi connectivity index (χ4n) is 3.60. The molecule has 0 fully saturated rings. The van der Waals surface area contributed by atoms with Gasteiger partial charge in [0.25, 0.3) is 0 Å². The van der Waals surface area contributed by atoms with Gasteiger partial charge in [-0.15, -0.1) is 0 Å². The molecule has 0 bridgehead atoms. The molecule has 3 N–H and O–H groups in total. The van der Waals surface area contributed by atoms with E-state index in [4.69, 9.17) is 4.84 Å². The van der Waals surface area contributed by atoms with Gasteiger partial charge in [0.1, 0.15) is 5.69 Å². The molecule has 4 aromatic carbocycles. The third-order valence-electron chi connectivity index (χ3n) is 5.33. The number of nitrogens with one attached hydrogen (secondary N) is 3. The van der Waals surface area contributed by atoms with Gasteiger partial charge >= 0.3 is 0 Å². The van der Waals surface area contributed by atoms with Crippen molar-refractivity contribution < 1.29 is 40.0 Å². The lowest BCUT2D eigenvalue weighted by Crippen LogP contribution is -2.09. The van der Waals surface area contributed by atoms with Crippen molar-refractivity contribution in [3.05, 3.63) is 95.1 Å². The molecule has 0 saturated carbocycles. The normalized spacial score (nSPS) is 11.3. The summed E-state index contributed by atoms with van der Waals surface area (Å²) in [5.74, 6) is -14.3. The highest BCUT2D eigenvalue weighted by atomic mass is 19.2. The lowest BCUT2D eigenvalue weighted by molar-refractivity contribution is 0.382. The van der Waals surface area contributed by atoms with Crippen LogP contribution >= 0.6 is 0 Å². The van der Waals surface area contributed by atoms with Gasteiger partial charge in [0.05, 0.1) is 5.69 Å². The van der Waals surface area contributed by atoms with Gasteiger partial charge in [0.2, 0.25) is 0 Å². The summed E-state index contributed by atoms with van der Waals surface area (Å²) in [6.07, 6.45) is 0. The Morgan fingerprint density at radius 3 is 1.78 bits per heavy atom. The Hall–Kier alpha value is -4.48. The van der Waals surface area contributed by atoms with Gasteiger partial charge in [-0.25, -0.2) is 40.6 Å². The summed E-state index contributed by atoms with van der Waals surface area (Å²) in [7, 11) is 0. The van der Waals surface area contributed by atoms with Gasteiger partial charge in [-0.1, -0.05) is 0 Å². The van der Waals surface area contributed by atoms with E-state index < -0.39 is 57.9 Å². The van der Waals surface area contributed by atoms with Crippen LogP contribution in [-0.2, 0) is 0 Å². The fraction of sp³-hybridized carbons (Fsp3) is 0. The van der Waals surface area contributed by atoms with E-state index in [9.17, 15) is 35.1 Å². The van der Waals surface area contributed by atoms with Crippen LogP contribution in [0.1, 0.15) is 0 Å². The minimum absolute atomic E-state index is 0.0695. The molecular formula is C24H11F8N3O. The molecule has 5 aromatic rings. The minimum Gasteiger partial charge on any atom is -0.382 e. The first-order valence-electron chi connectivity index (χ1n) is 10.1. The van der Waals surface area contributed by atoms with Gasteiger partial charge in [-0.3, -0.25) is 0 Å². The largest absolute Gasteiger partial charge is 0.382 e. The molecule has 1 aromatic heterocycles. The van der Waals surface area contributed by atoms with Crippen molar-refractivity contribution in [2.45, 2.75) is 0 Å². The molecular weight excluding hydrogens is 498 g/mol. The van der Waals surface area contributed by atoms with Gasteiger partial charge < -0.3 is 15.1 Å². The van der Waals surface area contributed by atoms with E-state index in [-0.39, 0.29) is 11.4 Å². The van der Waals surface area contributed by atoms with Crippen LogP contribution in [0.15, 0.2) is 48.5 Å². The summed E-state index contributed by atoms with van der Waals surface area (Å²) in [5, 5.41) is 3.55. The molecule has 0 amide bonds. The van der Waals surface area contributed by atoms with Crippen LogP contribution in [-0.4, -0.2) is 4.98 Å². The second-order valence-electron chi connectivity index (χ2n) is 7.62. The topological polar surface area (TPSA) is 49.1 Å². The summed E-state index contributed by atoms with van der Waals surface area (Å²) in [6.45, 7) is 0. The Bertz CT molecular complexity index is 1670. The highest BCUT2D eigenvalue weighted by Crippen LogP contribution is 2.33. The van der Waals surface area contributed by atoms with E-state index in [1.54, 1.807) is 12.1 Å². The quantitative estimate of drug-likeness (QED) is 0.0991. The number of H-pyrrole nitrogens is 1. The molecule has 12 heteroatoms. The van der Waals surface area contributed by atoms with Gasteiger partial charge in [0.15, 0.2) is 52.3 Å². The highest BCUT2D eigenvalue weighted by Gasteiger charge is 2.20. The third kappa shape index (κ3) is 3.89. The van der Waals surface area contributed by atoms with Crippen molar-refractivity contribution in [1.82, 2.24) is 4.98 Å². The third-order valence-corrected chi connectivity index (χ3v) is 5.33. The number of benzene rings is 4. The van der Waals surface area contributed by atoms with Crippen LogP contribution in [0.2, 0.25) is 0 Å². The smallest absolute Gasteiger partial charge is 0.199 e. The SMILES string of the molecule is Fc1cc(NOc2ccc3[nH]c4ccc(Nc5cc(F)c(F)c(F)c5F)cc4c3c2)c(F)c(F)c1F. The Morgan fingerprint density at radius 1 is 0.556 bits per heavy atom. The Kier molecular flexibility index (Phi) is 5.58. The molecule has 1 heterocycles. The number of rotatable bonds is 5. The lowest BCUT2D eigenvalue weighted by Gasteiger charge is -2.10. The molecule has 0 aliphatic carbocycles. The van der Waals surface area contributed by atoms with E-state index in [0.29, 0.717) is 33.9 Å². The van der Waals surface area contributed by atoms with E-state index in [0.717, 1.165) is 0 Å². The molecule has 0 radical (unpaired) electrons. The molecule has 0 spiro atoms. The van der Waals surface area contributed by atoms with Gasteiger partial charge in [-0.05, 0) is 36.4 Å². The first-order valence-corrected chi connectivity index (χ1v) is 10.1. The molecule has 0 atom stereocenters. The molecule has 4 nitrogen and oxygen atoms in total. The van der Waals surface area contributed by atoms with Crippen LogP contribution in [0.3, 0.4) is 0 Å². The summed E-state index contributed by atoms with van der Waals surface area (Å²) in [5.41, 5.74) is 2.03. The monoisotopic (exact) mass is 509 g/mol. The zero-order valence-electron chi connectivity index (χ0n) is 17.6. The van der Waals surface area contributed by atoms with E-state index in [1.807, 2.05) is 5.48 Å². The predicted molar refractivity (Wildman–Crippen MR) is 116 cm³/mol. The highest BCUT2D eigenvalue weighted by molar-refractivity contribution is 6.08. The average Bonchev–Trinajstić information content (AvgIpc) is 3.23. The Labute approximate surface area is 196 Å². The maximum Gasteiger partial charge on any atom is 0.199 e. The summed E-state index contributed by atoms with van der Waals surface area (Å²) < 4.78 is 108. The Morgan fingerprint density at radius 2 is 1.11 bits per heavy atom. The number of hydrogen-bond donors (Lipinski definition) is 3. The maximum atomic E-state index is 14.0. The summed E-state index contributed by atoms with van der Waals surface area (Å²) in [4.78, 5) is 8.27. The standard InChI is InChI=1S/C24H11F8N3O/c25-13-7-17(21(29)23(31)19(13)27)33-9-1-3-15-11(5-9)12-6-10(2-4-16(12)34-15)36-35-18-8-14(26)20(28)24(32)22(18)30/h1-8,33-35H. The maximum absolute atomic E-state index is 14.0. The van der Waals surface area contributed by atoms with Crippen LogP contribution in [0.5, 0.6) is 5.75 Å². The fourth-order valence-corrected chi connectivity index (χ4v) is 3.60. The van der Waals surface area contributed by atoms with Crippen molar-refractivity contribution in [3.63, 3.8) is 0 Å². The number of anilines is 3. The van der Waals surface area contributed by atoms with Gasteiger partial charge in [0, 0.05) is 39.6 Å². The van der Waals surface area contributed by atoms with E-state index in [1.165, 1.54) is 24.3 Å². The van der Waals surface area contributed by atoms with Crippen molar-refractivity contribution in [1.29, 1.82) is 0 Å². The van der Waals surface area contributed by atoms with Crippen molar-refractivity contribution in [2.24, 2.45) is 0 Å². The van der Waals surface area contributed by atoms with Gasteiger partial charge in [-0.2, -0.15) is 0 Å². The zero-order valence-corrected chi connectivity index (χ0v) is 17.6. The first kappa shape index (κ1) is 23.3. The molecule has 0 aliphatic heterocycles. The lowest BCUT2D eigenvalue weighted by atomic mass is 10.1. The number of aromatic amines is 1. The van der Waals surface area contributed by atoms with Crippen LogP contribution < -0.4 is 15.6 Å². The van der Waals surface area contributed by atoms with E-state index >= 15 is 0 Å². The second-order valence-corrected chi connectivity index (χ2v) is 7.62. The van der Waals surface area contributed by atoms with Crippen LogP contribution in [0.25, 0.3) is 21.8 Å². The number of halogens is 8. The minimum atomic E-state index is -2.01. The number of hydrogen-bond acceptors (Lipinski definition) is 3. The molecule has 184 valence electrons. The first-order chi connectivity index (χ1) is 17.1. The number of aromatic nitrogens is 1. The average molecular weight is 509 g/mol. The molecule has 0 aliphatic rings. The summed E-state index contributed by atoms with van der Waals surface area (Å²) in [6, 6.07) is 9.93. The molecule has 5 rings (SSSR count). The van der Waals surface area contributed by atoms with E-state index in [2.05, 4.69) is 10.3 Å². The Balaban J connectivity index is 1.46. The van der Waals surface area contributed by atoms with Crippen molar-refractivity contribution in [2.75, 3.05) is 10.8 Å². The van der Waals surface area contributed by atoms with Crippen LogP contribution in [0, 0.1) is 46.5 Å². The van der Waals surface area contributed by atoms with Crippen molar-refractivity contribution in [3.8, 4) is 5.75 Å². The molecule has 36 heavy (non-hydrogen) atoms. The summed E-state index contributed by atoms with van der Waals surface area (Å²) >= 11 is 0. The predicted octanol–water partition coefficient (Wildman–Crippen LogP) is 7.58. The zero-order chi connectivity index (χ0) is 25.7. The van der Waals surface area contributed by atoms with Crippen molar-refractivity contribution >= 4 is 38.9 Å². The van der Waals surface area contributed by atoms with Crippen LogP contribution in [0.4, 0.5) is 52.2 Å². The molecule has 0 unspecified atom stereocenters.